The zero-order valence-electron chi connectivity index (χ0n) is 10.6. The fraction of sp³-hybridized carbons (Fsp3) is 0.800. The zero-order valence-corrected chi connectivity index (χ0v) is 11.4. The maximum absolute atomic E-state index is 11.5. The zero-order chi connectivity index (χ0) is 14.0. The van der Waals surface area contributed by atoms with Crippen molar-refractivity contribution in [3.63, 3.8) is 0 Å². The predicted molar refractivity (Wildman–Crippen MR) is 64.5 cm³/mol. The van der Waals surface area contributed by atoms with Gasteiger partial charge in [0.15, 0.2) is 0 Å². The van der Waals surface area contributed by atoms with Crippen LogP contribution in [-0.4, -0.2) is 44.7 Å². The van der Waals surface area contributed by atoms with Gasteiger partial charge >= 0.3 is 6.09 Å². The summed E-state index contributed by atoms with van der Waals surface area (Å²) in [7, 11) is -3.44. The van der Waals surface area contributed by atoms with Gasteiger partial charge in [0.25, 0.3) is 0 Å². The summed E-state index contributed by atoms with van der Waals surface area (Å²) < 4.78 is 30.0. The molecule has 1 aliphatic heterocycles. The van der Waals surface area contributed by atoms with Crippen molar-refractivity contribution >= 4 is 22.4 Å². The highest BCUT2D eigenvalue weighted by molar-refractivity contribution is 7.89. The van der Waals surface area contributed by atoms with Crippen molar-refractivity contribution in [2.24, 2.45) is 5.92 Å². The maximum Gasteiger partial charge on any atom is 0.407 e. The van der Waals surface area contributed by atoms with Crippen molar-refractivity contribution in [1.82, 2.24) is 10.0 Å². The van der Waals surface area contributed by atoms with Crippen molar-refractivity contribution in [2.75, 3.05) is 12.3 Å². The lowest BCUT2D eigenvalue weighted by Crippen LogP contribution is -2.55. The lowest BCUT2D eigenvalue weighted by molar-refractivity contribution is -0.111. The minimum absolute atomic E-state index is 0.00764. The molecule has 1 amide bonds. The van der Waals surface area contributed by atoms with Crippen LogP contribution >= 0.6 is 0 Å². The number of rotatable bonds is 2. The van der Waals surface area contributed by atoms with E-state index in [1.807, 2.05) is 0 Å². The lowest BCUT2D eigenvalue weighted by Gasteiger charge is -2.30. The molecule has 0 radical (unpaired) electrons. The van der Waals surface area contributed by atoms with Crippen molar-refractivity contribution in [2.45, 2.75) is 32.4 Å². The molecule has 0 aromatic carbocycles. The van der Waals surface area contributed by atoms with Crippen LogP contribution in [0.1, 0.15) is 20.8 Å². The molecule has 1 saturated heterocycles. The molecule has 0 saturated carbocycles. The predicted octanol–water partition coefficient (Wildman–Crippen LogP) is -0.372. The van der Waals surface area contributed by atoms with Crippen molar-refractivity contribution < 1.29 is 22.7 Å². The highest BCUT2D eigenvalue weighted by Gasteiger charge is 2.34. The molecule has 0 bridgehead atoms. The number of ether oxygens (including phenoxy) is 1. The first-order valence-corrected chi connectivity index (χ1v) is 7.20. The normalized spacial score (nSPS) is 27.3. The van der Waals surface area contributed by atoms with Gasteiger partial charge in [-0.2, -0.15) is 0 Å². The van der Waals surface area contributed by atoms with Crippen LogP contribution in [0.25, 0.3) is 0 Å². The molecule has 1 aliphatic rings. The first-order chi connectivity index (χ1) is 8.13. The second-order valence-corrected chi connectivity index (χ2v) is 7.03. The third kappa shape index (κ3) is 4.61. The summed E-state index contributed by atoms with van der Waals surface area (Å²) in [6, 6.07) is -0.761. The van der Waals surface area contributed by atoms with E-state index in [1.54, 1.807) is 20.8 Å². The van der Waals surface area contributed by atoms with Crippen LogP contribution < -0.4 is 10.0 Å². The minimum atomic E-state index is -3.44. The number of hydrogen-bond acceptors (Lipinski definition) is 5. The van der Waals surface area contributed by atoms with Gasteiger partial charge in [-0.25, -0.2) is 17.9 Å². The summed E-state index contributed by atoms with van der Waals surface area (Å²) >= 11 is 0. The van der Waals surface area contributed by atoms with E-state index < -0.39 is 33.7 Å². The molecule has 0 aliphatic carbocycles. The van der Waals surface area contributed by atoms with Gasteiger partial charge in [0.05, 0.1) is 11.8 Å². The Balaban J connectivity index is 2.67. The van der Waals surface area contributed by atoms with Crippen molar-refractivity contribution in [3.8, 4) is 0 Å². The molecule has 0 aromatic rings. The Labute approximate surface area is 106 Å². The molecule has 0 unspecified atom stereocenters. The SMILES string of the molecule is CC(C)(C)OC(=O)N[C@@H]1CS(=O)(=O)NC[C@H]1C=O. The standard InChI is InChI=1S/C10H18N2O5S/c1-10(2,3)17-9(14)12-8-6-18(15,16)11-4-7(8)5-13/h5,7-8,11H,4,6H2,1-3H3,(H,12,14)/t7-,8+/m0/s1. The first-order valence-electron chi connectivity index (χ1n) is 5.55. The van der Waals surface area contributed by atoms with Crippen LogP contribution in [0, 0.1) is 5.92 Å². The molecule has 104 valence electrons. The highest BCUT2D eigenvalue weighted by Crippen LogP contribution is 2.12. The number of amides is 1. The summed E-state index contributed by atoms with van der Waals surface area (Å²) in [5.41, 5.74) is -0.674. The largest absolute Gasteiger partial charge is 0.444 e. The van der Waals surface area contributed by atoms with E-state index in [-0.39, 0.29) is 12.3 Å². The summed E-state index contributed by atoms with van der Waals surface area (Å²) in [5, 5.41) is 2.42. The summed E-state index contributed by atoms with van der Waals surface area (Å²) in [6.45, 7) is 5.08. The molecular formula is C10H18N2O5S. The van der Waals surface area contributed by atoms with Crippen LogP contribution in [0.4, 0.5) is 4.79 Å². The molecular weight excluding hydrogens is 260 g/mol. The van der Waals surface area contributed by atoms with Crippen LogP contribution in [0.2, 0.25) is 0 Å². The van der Waals surface area contributed by atoms with E-state index in [0.717, 1.165) is 0 Å². The Hall–Kier alpha value is -1.15. The van der Waals surface area contributed by atoms with Crippen LogP contribution in [0.3, 0.4) is 0 Å². The van der Waals surface area contributed by atoms with Crippen molar-refractivity contribution in [1.29, 1.82) is 0 Å². The second kappa shape index (κ2) is 5.23. The quantitative estimate of drug-likeness (QED) is 0.671. The Bertz CT molecular complexity index is 426. The fourth-order valence-electron chi connectivity index (χ4n) is 1.53. The fourth-order valence-corrected chi connectivity index (χ4v) is 2.90. The number of aldehydes is 1. The monoisotopic (exact) mass is 278 g/mol. The molecule has 2 atom stereocenters. The van der Waals surface area contributed by atoms with Gasteiger partial charge in [0.2, 0.25) is 10.0 Å². The van der Waals surface area contributed by atoms with Gasteiger partial charge in [-0.15, -0.1) is 0 Å². The van der Waals surface area contributed by atoms with Gasteiger partial charge in [-0.05, 0) is 20.8 Å². The number of alkyl carbamates (subject to hydrolysis) is 1. The second-order valence-electron chi connectivity index (χ2n) is 5.18. The van der Waals surface area contributed by atoms with E-state index in [9.17, 15) is 18.0 Å². The van der Waals surface area contributed by atoms with Crippen LogP contribution in [0.15, 0.2) is 0 Å². The molecule has 2 N–H and O–H groups in total. The number of hydrogen-bond donors (Lipinski definition) is 2. The lowest BCUT2D eigenvalue weighted by atomic mass is 10.0. The summed E-state index contributed by atoms with van der Waals surface area (Å²) in [4.78, 5) is 22.4. The first kappa shape index (κ1) is 14.9. The Morgan fingerprint density at radius 3 is 2.56 bits per heavy atom. The maximum atomic E-state index is 11.5. The molecule has 18 heavy (non-hydrogen) atoms. The van der Waals surface area contributed by atoms with E-state index in [0.29, 0.717) is 6.29 Å². The molecule has 1 fully saturated rings. The molecule has 8 heteroatoms. The van der Waals surface area contributed by atoms with Gasteiger partial charge in [0, 0.05) is 12.5 Å². The number of carbonyl (C=O) groups is 2. The Morgan fingerprint density at radius 1 is 1.44 bits per heavy atom. The molecule has 1 heterocycles. The van der Waals surface area contributed by atoms with E-state index in [1.165, 1.54) is 0 Å². The van der Waals surface area contributed by atoms with E-state index in [2.05, 4.69) is 10.0 Å². The number of sulfonamides is 1. The Kier molecular flexibility index (Phi) is 4.33. The third-order valence-corrected chi connectivity index (χ3v) is 3.74. The Morgan fingerprint density at radius 2 is 2.06 bits per heavy atom. The van der Waals surface area contributed by atoms with Crippen LogP contribution in [0.5, 0.6) is 0 Å². The minimum Gasteiger partial charge on any atom is -0.444 e. The smallest absolute Gasteiger partial charge is 0.407 e. The van der Waals surface area contributed by atoms with Crippen molar-refractivity contribution in [3.05, 3.63) is 0 Å². The number of nitrogens with one attached hydrogen (secondary N) is 2. The molecule has 0 spiro atoms. The molecule has 0 aromatic heterocycles. The average molecular weight is 278 g/mol. The van der Waals surface area contributed by atoms with E-state index >= 15 is 0 Å². The van der Waals surface area contributed by atoms with Gasteiger partial charge < -0.3 is 14.8 Å². The average Bonchev–Trinajstić information content (AvgIpc) is 2.13. The summed E-state index contributed by atoms with van der Waals surface area (Å²) in [5.74, 6) is -0.906. The van der Waals surface area contributed by atoms with Gasteiger partial charge in [-0.3, -0.25) is 0 Å². The van der Waals surface area contributed by atoms with Gasteiger partial charge in [0.1, 0.15) is 11.9 Å². The molecule has 1 rings (SSSR count). The topological polar surface area (TPSA) is 102 Å². The molecule has 7 nitrogen and oxygen atoms in total. The van der Waals surface area contributed by atoms with E-state index in [4.69, 9.17) is 4.74 Å². The van der Waals surface area contributed by atoms with Gasteiger partial charge in [-0.1, -0.05) is 0 Å². The third-order valence-electron chi connectivity index (χ3n) is 2.33. The summed E-state index contributed by atoms with van der Waals surface area (Å²) in [6.07, 6.45) is -0.0968. The highest BCUT2D eigenvalue weighted by atomic mass is 32.2. The number of carbonyl (C=O) groups excluding carboxylic acids is 2. The van der Waals surface area contributed by atoms with Crippen LogP contribution in [-0.2, 0) is 19.6 Å².